The number of nitrogens with zero attached hydrogens (tertiary/aromatic N) is 1. The fourth-order valence-corrected chi connectivity index (χ4v) is 5.35. The summed E-state index contributed by atoms with van der Waals surface area (Å²) in [5.41, 5.74) is 1.24. The Balaban J connectivity index is 1.52. The lowest BCUT2D eigenvalue weighted by atomic mass is 9.77. The number of carbonyl (C=O) groups is 2. The second kappa shape index (κ2) is 9.80. The molecule has 0 N–H and O–H groups in total. The Bertz CT molecular complexity index is 1120. The minimum Gasteiger partial charge on any atom is -0.493 e. The van der Waals surface area contributed by atoms with Gasteiger partial charge in [-0.15, -0.1) is 0 Å². The molecule has 3 heterocycles. The molecule has 0 radical (unpaired) electrons. The molecule has 35 heavy (non-hydrogen) atoms. The van der Waals surface area contributed by atoms with Crippen molar-refractivity contribution in [1.29, 1.82) is 0 Å². The number of hydrogen-bond donors (Lipinski definition) is 0. The van der Waals surface area contributed by atoms with Crippen molar-refractivity contribution >= 4 is 11.7 Å². The lowest BCUT2D eigenvalue weighted by molar-refractivity contribution is -0.135. The van der Waals surface area contributed by atoms with Gasteiger partial charge in [-0.25, -0.2) is 0 Å². The Kier molecular flexibility index (Phi) is 6.58. The van der Waals surface area contributed by atoms with E-state index in [1.165, 1.54) is 0 Å². The summed E-state index contributed by atoms with van der Waals surface area (Å²) >= 11 is 0. The van der Waals surface area contributed by atoms with E-state index >= 15 is 0 Å². The van der Waals surface area contributed by atoms with Crippen LogP contribution in [0.1, 0.15) is 63.3 Å². The van der Waals surface area contributed by atoms with E-state index in [-0.39, 0.29) is 36.0 Å². The van der Waals surface area contributed by atoms with Crippen LogP contribution in [-0.2, 0) is 20.9 Å². The number of rotatable bonds is 8. The highest BCUT2D eigenvalue weighted by atomic mass is 16.5. The molecule has 1 fully saturated rings. The Morgan fingerprint density at radius 2 is 1.94 bits per heavy atom. The van der Waals surface area contributed by atoms with Gasteiger partial charge in [0.05, 0.1) is 44.1 Å². The van der Waals surface area contributed by atoms with Crippen molar-refractivity contribution < 1.29 is 28.2 Å². The highest BCUT2D eigenvalue weighted by Gasteiger charge is 2.52. The molecule has 1 aromatic heterocycles. The number of ether oxygens (including phenoxy) is 3. The first-order valence-electron chi connectivity index (χ1n) is 12.6. The topological polar surface area (TPSA) is 78.2 Å². The molecule has 1 aliphatic carbocycles. The third-order valence-electron chi connectivity index (χ3n) is 7.22. The van der Waals surface area contributed by atoms with E-state index in [0.717, 1.165) is 37.7 Å². The summed E-state index contributed by atoms with van der Waals surface area (Å²) in [7, 11) is 1.60. The van der Waals surface area contributed by atoms with E-state index in [1.807, 2.05) is 24.3 Å². The van der Waals surface area contributed by atoms with E-state index in [4.69, 9.17) is 18.6 Å². The zero-order valence-corrected chi connectivity index (χ0v) is 20.6. The van der Waals surface area contributed by atoms with Crippen LogP contribution in [0, 0.1) is 11.8 Å². The van der Waals surface area contributed by atoms with Crippen LogP contribution < -0.4 is 9.47 Å². The second-order valence-corrected chi connectivity index (χ2v) is 10.0. The molecule has 0 saturated heterocycles. The van der Waals surface area contributed by atoms with E-state index in [9.17, 15) is 9.59 Å². The van der Waals surface area contributed by atoms with Gasteiger partial charge in [-0.1, -0.05) is 26.3 Å². The van der Waals surface area contributed by atoms with Gasteiger partial charge in [0, 0.05) is 0 Å². The van der Waals surface area contributed by atoms with Crippen molar-refractivity contribution in [3.8, 4) is 11.5 Å². The van der Waals surface area contributed by atoms with Gasteiger partial charge in [-0.2, -0.15) is 0 Å². The number of carbonyl (C=O) groups excluding carboxylic acids is 2. The van der Waals surface area contributed by atoms with Crippen molar-refractivity contribution in [3.63, 3.8) is 0 Å². The average Bonchev–Trinajstić information content (AvgIpc) is 3.46. The first-order valence-corrected chi connectivity index (χ1v) is 12.6. The molecule has 1 aromatic carbocycles. The molecular formula is C28H33NO6. The SMILES string of the molecule is COc1cc(C2C3=C(OC4CCCCC4C3=O)C(=O)N2Cc2ccco2)ccc1OCCC(C)C. The predicted molar refractivity (Wildman–Crippen MR) is 129 cm³/mol. The summed E-state index contributed by atoms with van der Waals surface area (Å²) in [5, 5.41) is 0. The van der Waals surface area contributed by atoms with Crippen LogP contribution in [0.4, 0.5) is 0 Å². The van der Waals surface area contributed by atoms with E-state index in [2.05, 4.69) is 13.8 Å². The minimum absolute atomic E-state index is 0.0347. The van der Waals surface area contributed by atoms with Crippen LogP contribution in [0.15, 0.2) is 52.3 Å². The normalized spacial score (nSPS) is 23.9. The fraction of sp³-hybridized carbons (Fsp3) is 0.500. The lowest BCUT2D eigenvalue weighted by Gasteiger charge is -2.35. The molecule has 0 spiro atoms. The molecule has 186 valence electrons. The first-order chi connectivity index (χ1) is 17.0. The molecule has 2 aliphatic heterocycles. The van der Waals surface area contributed by atoms with Gasteiger partial charge in [0.1, 0.15) is 11.9 Å². The molecule has 2 aromatic rings. The van der Waals surface area contributed by atoms with Crippen LogP contribution >= 0.6 is 0 Å². The summed E-state index contributed by atoms with van der Waals surface area (Å²) < 4.78 is 23.4. The molecule has 3 atom stereocenters. The first kappa shape index (κ1) is 23.5. The summed E-state index contributed by atoms with van der Waals surface area (Å²) in [6.45, 7) is 5.13. The number of methoxy groups -OCH3 is 1. The average molecular weight is 480 g/mol. The number of hydrogen-bond acceptors (Lipinski definition) is 6. The van der Waals surface area contributed by atoms with Gasteiger partial charge in [-0.05, 0) is 61.4 Å². The molecule has 3 aliphatic rings. The molecule has 0 bridgehead atoms. The third kappa shape index (κ3) is 4.44. The highest BCUT2D eigenvalue weighted by molar-refractivity contribution is 6.11. The van der Waals surface area contributed by atoms with Gasteiger partial charge >= 0.3 is 0 Å². The number of fused-ring (bicyclic) bond motifs is 1. The standard InChI is InChI=1S/C28H33NO6/c1-17(2)12-14-34-22-11-10-18(15-23(22)32-3)25-24-26(30)20-8-4-5-9-21(20)35-27(24)28(31)29(25)16-19-7-6-13-33-19/h6-7,10-11,13,15,17,20-21,25H,4-5,8-9,12,14,16H2,1-3H3. The van der Waals surface area contributed by atoms with Crippen molar-refractivity contribution in [2.24, 2.45) is 11.8 Å². The van der Waals surface area contributed by atoms with Crippen LogP contribution in [0.2, 0.25) is 0 Å². The Morgan fingerprint density at radius 1 is 1.11 bits per heavy atom. The number of Topliss-reactive ketones (excluding diaryl/α,β-unsaturated/α-hetero) is 1. The summed E-state index contributed by atoms with van der Waals surface area (Å²) in [5.74, 6) is 2.17. The van der Waals surface area contributed by atoms with Gasteiger partial charge in [0.25, 0.3) is 5.91 Å². The Hall–Kier alpha value is -3.22. The van der Waals surface area contributed by atoms with Crippen molar-refractivity contribution in [1.82, 2.24) is 4.90 Å². The summed E-state index contributed by atoms with van der Waals surface area (Å²) in [4.78, 5) is 29.0. The Labute approximate surface area is 206 Å². The Morgan fingerprint density at radius 3 is 2.69 bits per heavy atom. The molecule has 5 rings (SSSR count). The zero-order chi connectivity index (χ0) is 24.5. The van der Waals surface area contributed by atoms with Crippen LogP contribution in [0.5, 0.6) is 11.5 Å². The summed E-state index contributed by atoms with van der Waals surface area (Å²) in [6.07, 6.45) is 5.92. The maximum atomic E-state index is 13.7. The van der Waals surface area contributed by atoms with Gasteiger partial charge in [-0.3, -0.25) is 9.59 Å². The van der Waals surface area contributed by atoms with Crippen LogP contribution in [0.25, 0.3) is 0 Å². The van der Waals surface area contributed by atoms with Crippen molar-refractivity contribution in [2.75, 3.05) is 13.7 Å². The summed E-state index contributed by atoms with van der Waals surface area (Å²) in [6, 6.07) is 8.69. The zero-order valence-electron chi connectivity index (χ0n) is 20.6. The molecule has 1 saturated carbocycles. The number of ketones is 1. The van der Waals surface area contributed by atoms with Crippen LogP contribution in [-0.4, -0.2) is 36.4 Å². The fourth-order valence-electron chi connectivity index (χ4n) is 5.35. The van der Waals surface area contributed by atoms with Crippen molar-refractivity contribution in [3.05, 3.63) is 59.3 Å². The van der Waals surface area contributed by atoms with Gasteiger partial charge in [0.2, 0.25) is 0 Å². The maximum Gasteiger partial charge on any atom is 0.290 e. The second-order valence-electron chi connectivity index (χ2n) is 10.0. The van der Waals surface area contributed by atoms with Gasteiger partial charge < -0.3 is 23.5 Å². The van der Waals surface area contributed by atoms with E-state index in [0.29, 0.717) is 35.4 Å². The maximum absolute atomic E-state index is 13.7. The largest absolute Gasteiger partial charge is 0.493 e. The quantitative estimate of drug-likeness (QED) is 0.517. The van der Waals surface area contributed by atoms with E-state index in [1.54, 1.807) is 24.3 Å². The number of amides is 1. The van der Waals surface area contributed by atoms with Crippen molar-refractivity contribution in [2.45, 2.75) is 64.6 Å². The highest BCUT2D eigenvalue weighted by Crippen LogP contribution is 2.48. The third-order valence-corrected chi connectivity index (χ3v) is 7.22. The lowest BCUT2D eigenvalue weighted by Crippen LogP contribution is -2.39. The predicted octanol–water partition coefficient (Wildman–Crippen LogP) is 5.21. The molecule has 3 unspecified atom stereocenters. The monoisotopic (exact) mass is 479 g/mol. The molecular weight excluding hydrogens is 446 g/mol. The van der Waals surface area contributed by atoms with E-state index < -0.39 is 6.04 Å². The molecule has 1 amide bonds. The van der Waals surface area contributed by atoms with Gasteiger partial charge in [0.15, 0.2) is 23.0 Å². The smallest absolute Gasteiger partial charge is 0.290 e. The molecule has 7 heteroatoms. The van der Waals surface area contributed by atoms with Crippen LogP contribution in [0.3, 0.4) is 0 Å². The number of benzene rings is 1. The molecule has 7 nitrogen and oxygen atoms in total. The number of furan rings is 1. The minimum atomic E-state index is -0.573.